The average molecular weight is 301 g/mol. The van der Waals surface area contributed by atoms with Crippen LogP contribution in [0, 0.1) is 0 Å². The number of carbonyl (C=O) groups is 1. The Labute approximate surface area is 117 Å². The molecule has 2 rings (SSSR count). The first-order valence-electron chi connectivity index (χ1n) is 5.47. The third kappa shape index (κ3) is 2.67. The van der Waals surface area contributed by atoms with Crippen LogP contribution in [0.15, 0.2) is 41.3 Å². The maximum absolute atomic E-state index is 12.7. The summed E-state index contributed by atoms with van der Waals surface area (Å²) in [6, 6.07) is 4.42. The van der Waals surface area contributed by atoms with Gasteiger partial charge in [-0.25, -0.2) is 0 Å². The van der Waals surface area contributed by atoms with E-state index >= 15 is 0 Å². The number of halogens is 3. The molecule has 0 fully saturated rings. The first-order chi connectivity index (χ1) is 9.34. The van der Waals surface area contributed by atoms with Crippen molar-refractivity contribution in [1.82, 2.24) is 0 Å². The van der Waals surface area contributed by atoms with E-state index in [0.717, 1.165) is 12.1 Å². The lowest BCUT2D eigenvalue weighted by Gasteiger charge is -2.08. The number of allylic oxidation sites excluding steroid dienone is 1. The van der Waals surface area contributed by atoms with Crippen molar-refractivity contribution < 1.29 is 22.7 Å². The van der Waals surface area contributed by atoms with Gasteiger partial charge in [0.1, 0.15) is 0 Å². The monoisotopic (exact) mass is 301 g/mol. The molecular weight excluding hydrogens is 291 g/mol. The zero-order valence-corrected chi connectivity index (χ0v) is 11.1. The van der Waals surface area contributed by atoms with Gasteiger partial charge in [0, 0.05) is 5.41 Å². The van der Waals surface area contributed by atoms with Crippen LogP contribution < -0.4 is 5.73 Å². The minimum atomic E-state index is -4.48. The molecule has 0 unspecified atom stereocenters. The van der Waals surface area contributed by atoms with Crippen LogP contribution in [0.2, 0.25) is 0 Å². The van der Waals surface area contributed by atoms with Gasteiger partial charge in [-0.3, -0.25) is 4.79 Å². The topological polar surface area (TPSA) is 52.3 Å². The quantitative estimate of drug-likeness (QED) is 0.853. The number of benzene rings is 1. The van der Waals surface area contributed by atoms with E-state index in [9.17, 15) is 18.0 Å². The SMILES string of the molecule is CS/C=C1/OC(N)=C(c2cccc(C(F)(F)F)c2)C1=O. The largest absolute Gasteiger partial charge is 0.436 e. The van der Waals surface area contributed by atoms with Gasteiger partial charge in [-0.1, -0.05) is 12.1 Å². The first kappa shape index (κ1) is 14.5. The number of alkyl halides is 3. The zero-order valence-electron chi connectivity index (χ0n) is 10.3. The number of ketones is 1. The summed E-state index contributed by atoms with van der Waals surface area (Å²) in [6.45, 7) is 0. The second-order valence-electron chi connectivity index (χ2n) is 3.97. The fraction of sp³-hybridized carbons (Fsp3) is 0.154. The van der Waals surface area contributed by atoms with Crippen LogP contribution in [0.3, 0.4) is 0 Å². The highest BCUT2D eigenvalue weighted by Crippen LogP contribution is 2.34. The molecule has 0 aliphatic carbocycles. The normalized spacial score (nSPS) is 17.8. The van der Waals surface area contributed by atoms with Crippen LogP contribution >= 0.6 is 11.8 Å². The number of ether oxygens (including phenoxy) is 1. The molecule has 7 heteroatoms. The summed E-state index contributed by atoms with van der Waals surface area (Å²) in [4.78, 5) is 12.0. The molecular formula is C13H10F3NO2S. The molecule has 0 radical (unpaired) electrons. The fourth-order valence-corrected chi connectivity index (χ4v) is 2.13. The molecule has 1 heterocycles. The number of hydrogen-bond donors (Lipinski definition) is 1. The summed E-state index contributed by atoms with van der Waals surface area (Å²) in [6.07, 6.45) is -2.76. The summed E-state index contributed by atoms with van der Waals surface area (Å²) in [7, 11) is 0. The van der Waals surface area contributed by atoms with Crippen molar-refractivity contribution >= 4 is 23.1 Å². The van der Waals surface area contributed by atoms with Crippen LogP contribution in [0.25, 0.3) is 5.57 Å². The lowest BCUT2D eigenvalue weighted by Crippen LogP contribution is -2.07. The van der Waals surface area contributed by atoms with Gasteiger partial charge in [0.2, 0.25) is 11.7 Å². The highest BCUT2D eigenvalue weighted by molar-refractivity contribution is 8.01. The Bertz CT molecular complexity index is 620. The Morgan fingerprint density at radius 2 is 2.05 bits per heavy atom. The summed E-state index contributed by atoms with van der Waals surface area (Å²) < 4.78 is 43.1. The molecule has 1 aliphatic heterocycles. The number of carbonyl (C=O) groups excluding carboxylic acids is 1. The van der Waals surface area contributed by atoms with E-state index < -0.39 is 17.5 Å². The molecule has 1 aromatic carbocycles. The third-order valence-electron chi connectivity index (χ3n) is 2.62. The van der Waals surface area contributed by atoms with Crippen molar-refractivity contribution in [2.24, 2.45) is 5.73 Å². The summed E-state index contributed by atoms with van der Waals surface area (Å²) in [5.41, 5.74) is 4.79. The highest BCUT2D eigenvalue weighted by Gasteiger charge is 2.34. The van der Waals surface area contributed by atoms with E-state index in [-0.39, 0.29) is 22.8 Å². The Balaban J connectivity index is 2.45. The molecule has 0 spiro atoms. The van der Waals surface area contributed by atoms with Gasteiger partial charge in [0.15, 0.2) is 5.76 Å². The van der Waals surface area contributed by atoms with Gasteiger partial charge < -0.3 is 10.5 Å². The third-order valence-corrected chi connectivity index (χ3v) is 3.07. The molecule has 0 saturated carbocycles. The van der Waals surface area contributed by atoms with Crippen LogP contribution in [0.4, 0.5) is 13.2 Å². The van der Waals surface area contributed by atoms with E-state index in [1.807, 2.05) is 0 Å². The Morgan fingerprint density at radius 1 is 1.35 bits per heavy atom. The highest BCUT2D eigenvalue weighted by atomic mass is 32.2. The van der Waals surface area contributed by atoms with E-state index in [0.29, 0.717) is 0 Å². The van der Waals surface area contributed by atoms with Crippen molar-refractivity contribution in [2.75, 3.05) is 6.26 Å². The van der Waals surface area contributed by atoms with Crippen molar-refractivity contribution in [3.63, 3.8) is 0 Å². The summed E-state index contributed by atoms with van der Waals surface area (Å²) >= 11 is 1.24. The number of nitrogens with two attached hydrogens (primary N) is 1. The van der Waals surface area contributed by atoms with Crippen molar-refractivity contribution in [3.05, 3.63) is 52.4 Å². The van der Waals surface area contributed by atoms with Gasteiger partial charge in [-0.15, -0.1) is 11.8 Å². The minimum absolute atomic E-state index is 0.0161. The van der Waals surface area contributed by atoms with Crippen molar-refractivity contribution in [2.45, 2.75) is 6.18 Å². The molecule has 0 atom stereocenters. The molecule has 1 aliphatic rings. The Hall–Kier alpha value is -1.89. The first-order valence-corrected chi connectivity index (χ1v) is 6.76. The van der Waals surface area contributed by atoms with Crippen molar-refractivity contribution in [1.29, 1.82) is 0 Å². The van der Waals surface area contributed by atoms with E-state index in [2.05, 4.69) is 0 Å². The molecule has 1 aromatic rings. The van der Waals surface area contributed by atoms with Gasteiger partial charge in [0.05, 0.1) is 11.1 Å². The van der Waals surface area contributed by atoms with E-state index in [1.54, 1.807) is 6.26 Å². The zero-order chi connectivity index (χ0) is 14.9. The van der Waals surface area contributed by atoms with Crippen LogP contribution in [-0.4, -0.2) is 12.0 Å². The van der Waals surface area contributed by atoms with Crippen molar-refractivity contribution in [3.8, 4) is 0 Å². The molecule has 0 amide bonds. The van der Waals surface area contributed by atoms with Gasteiger partial charge in [0.25, 0.3) is 0 Å². The van der Waals surface area contributed by atoms with Crippen LogP contribution in [0.5, 0.6) is 0 Å². The van der Waals surface area contributed by atoms with Gasteiger partial charge >= 0.3 is 6.18 Å². The molecule has 2 N–H and O–H groups in total. The summed E-state index contributed by atoms with van der Waals surface area (Å²) in [5, 5.41) is 1.45. The van der Waals surface area contributed by atoms with Crippen LogP contribution in [-0.2, 0) is 15.7 Å². The number of Topliss-reactive ketones (excluding diaryl/α,β-unsaturated/α-hetero) is 1. The predicted octanol–water partition coefficient (Wildman–Crippen LogP) is 3.14. The lowest BCUT2D eigenvalue weighted by molar-refractivity contribution is -0.137. The maximum Gasteiger partial charge on any atom is 0.416 e. The average Bonchev–Trinajstić information content (AvgIpc) is 2.64. The van der Waals surface area contributed by atoms with Crippen LogP contribution in [0.1, 0.15) is 11.1 Å². The second kappa shape index (κ2) is 5.24. The molecule has 0 saturated heterocycles. The Kier molecular flexibility index (Phi) is 3.80. The maximum atomic E-state index is 12.7. The predicted molar refractivity (Wildman–Crippen MR) is 70.2 cm³/mol. The molecule has 0 bridgehead atoms. The fourth-order valence-electron chi connectivity index (χ4n) is 1.76. The molecule has 3 nitrogen and oxygen atoms in total. The Morgan fingerprint density at radius 3 is 2.65 bits per heavy atom. The van der Waals surface area contributed by atoms with E-state index in [1.165, 1.54) is 29.3 Å². The molecule has 0 aromatic heterocycles. The number of hydrogen-bond acceptors (Lipinski definition) is 4. The molecule has 20 heavy (non-hydrogen) atoms. The summed E-state index contributed by atoms with van der Waals surface area (Å²) in [5.74, 6) is -0.687. The second-order valence-corrected chi connectivity index (χ2v) is 4.67. The smallest absolute Gasteiger partial charge is 0.416 e. The minimum Gasteiger partial charge on any atom is -0.436 e. The van der Waals surface area contributed by atoms with E-state index in [4.69, 9.17) is 10.5 Å². The van der Waals surface area contributed by atoms with Gasteiger partial charge in [-0.05, 0) is 24.0 Å². The number of rotatable bonds is 2. The number of thioether (sulfide) groups is 1. The standard InChI is InChI=1S/C13H10F3NO2S/c1-20-6-9-11(18)10(12(17)19-9)7-3-2-4-8(5-7)13(14,15)16/h2-6H,17H2,1H3/b9-6+. The van der Waals surface area contributed by atoms with Gasteiger partial charge in [-0.2, -0.15) is 13.2 Å². The molecule has 106 valence electrons. The lowest BCUT2D eigenvalue weighted by atomic mass is 10.0.